The molecule has 0 radical (unpaired) electrons. The summed E-state index contributed by atoms with van der Waals surface area (Å²) >= 11 is 7.39. The summed E-state index contributed by atoms with van der Waals surface area (Å²) in [5.74, 6) is -0.368. The number of nitrogens with zero attached hydrogens (tertiary/aromatic N) is 1. The lowest BCUT2D eigenvalue weighted by Gasteiger charge is -2.14. The van der Waals surface area contributed by atoms with Crippen molar-refractivity contribution in [1.82, 2.24) is 4.98 Å². The Labute approximate surface area is 146 Å². The van der Waals surface area contributed by atoms with E-state index in [-0.39, 0.29) is 10.8 Å². The average Bonchev–Trinajstić information content (AvgIpc) is 2.51. The Hall–Kier alpha value is -1.58. The van der Waals surface area contributed by atoms with Gasteiger partial charge in [-0.3, -0.25) is 0 Å². The third kappa shape index (κ3) is 4.04. The minimum absolute atomic E-state index is 0.145. The number of aromatic nitrogens is 1. The van der Waals surface area contributed by atoms with Crippen LogP contribution in [0.25, 0.3) is 10.5 Å². The number of thioether (sulfide) groups is 1. The highest BCUT2D eigenvalue weighted by Crippen LogP contribution is 2.39. The Bertz CT molecular complexity index is 792. The van der Waals surface area contributed by atoms with Crippen molar-refractivity contribution in [3.63, 3.8) is 0 Å². The normalized spacial score (nSPS) is 10.5. The van der Waals surface area contributed by atoms with E-state index in [4.69, 9.17) is 11.6 Å². The van der Waals surface area contributed by atoms with E-state index in [0.717, 1.165) is 32.3 Å². The lowest BCUT2D eigenvalue weighted by molar-refractivity contribution is 0.618. The summed E-state index contributed by atoms with van der Waals surface area (Å²) in [6, 6.07) is 9.29. The third-order valence-corrected chi connectivity index (χ3v) is 4.97. The fraction of sp³-hybridized carbons (Fsp3) is 0.211. The number of hydrogen-bond acceptors (Lipinski definition) is 2. The van der Waals surface area contributed by atoms with Gasteiger partial charge in [0.25, 0.3) is 0 Å². The number of allylic oxidation sites excluding steroid dienone is 2. The largest absolute Gasteiger partial charge is 0.242 e. The van der Waals surface area contributed by atoms with Crippen LogP contribution in [0.3, 0.4) is 0 Å². The second-order valence-corrected chi connectivity index (χ2v) is 7.04. The summed E-state index contributed by atoms with van der Waals surface area (Å²) in [6.45, 7) is 11.6. The van der Waals surface area contributed by atoms with Crippen molar-refractivity contribution >= 4 is 33.8 Å². The molecule has 0 unspecified atom stereocenters. The van der Waals surface area contributed by atoms with Gasteiger partial charge < -0.3 is 0 Å². The molecule has 120 valence electrons. The maximum absolute atomic E-state index is 14.1. The summed E-state index contributed by atoms with van der Waals surface area (Å²) in [5.41, 5.74) is 4.28. The first-order valence-electron chi connectivity index (χ1n) is 7.24. The van der Waals surface area contributed by atoms with Crippen LogP contribution in [-0.2, 0) is 0 Å². The fourth-order valence-corrected chi connectivity index (χ4v) is 3.38. The maximum Gasteiger partial charge on any atom is 0.145 e. The van der Waals surface area contributed by atoms with E-state index < -0.39 is 0 Å². The molecule has 0 aliphatic carbocycles. The summed E-state index contributed by atoms with van der Waals surface area (Å²) in [7, 11) is 0. The van der Waals surface area contributed by atoms with Crippen molar-refractivity contribution < 1.29 is 4.39 Å². The number of hydrogen-bond donors (Lipinski definition) is 0. The van der Waals surface area contributed by atoms with Gasteiger partial charge in [-0.1, -0.05) is 47.6 Å². The molecule has 0 saturated carbocycles. The van der Waals surface area contributed by atoms with E-state index in [0.29, 0.717) is 5.56 Å². The first kappa shape index (κ1) is 17.8. The molecule has 0 aliphatic rings. The minimum Gasteiger partial charge on any atom is -0.242 e. The lowest BCUT2D eigenvalue weighted by Crippen LogP contribution is -1.94. The van der Waals surface area contributed by atoms with Crippen LogP contribution in [0, 0.1) is 12.7 Å². The molecule has 0 bridgehead atoms. The number of pyridine rings is 1. The van der Waals surface area contributed by atoms with E-state index in [1.54, 1.807) is 13.0 Å². The summed E-state index contributed by atoms with van der Waals surface area (Å²) in [6.07, 6.45) is 0. The molecule has 2 rings (SSSR count). The first-order valence-corrected chi connectivity index (χ1v) is 8.44. The standard InChI is InChI=1S/C19H19ClFNS/c1-11(2)16-7-6-8-17(22-16)23-19(12(3)4)14-9-10-15(20)18(21)13(14)5/h6-10H,1H2,2-5H3. The molecule has 0 spiro atoms. The van der Waals surface area contributed by atoms with Crippen LogP contribution in [0.15, 0.2) is 47.5 Å². The maximum atomic E-state index is 14.1. The van der Waals surface area contributed by atoms with Gasteiger partial charge in [0.05, 0.1) is 10.7 Å². The number of halogens is 2. The fourth-order valence-electron chi connectivity index (χ4n) is 2.14. The van der Waals surface area contributed by atoms with Crippen LogP contribution in [0.1, 0.15) is 37.6 Å². The molecule has 1 aromatic heterocycles. The van der Waals surface area contributed by atoms with Crippen LogP contribution in [0.2, 0.25) is 5.02 Å². The third-order valence-electron chi connectivity index (χ3n) is 3.41. The zero-order valence-electron chi connectivity index (χ0n) is 13.7. The van der Waals surface area contributed by atoms with E-state index >= 15 is 0 Å². The van der Waals surface area contributed by atoms with Gasteiger partial charge in [0.1, 0.15) is 10.8 Å². The molecule has 23 heavy (non-hydrogen) atoms. The lowest BCUT2D eigenvalue weighted by atomic mass is 10.1. The second kappa shape index (κ2) is 7.33. The number of benzene rings is 1. The molecule has 0 amide bonds. The minimum atomic E-state index is -0.368. The Morgan fingerprint density at radius 1 is 1.17 bits per heavy atom. The van der Waals surface area contributed by atoms with Crippen molar-refractivity contribution in [3.05, 3.63) is 70.1 Å². The van der Waals surface area contributed by atoms with Crippen molar-refractivity contribution in [3.8, 4) is 0 Å². The zero-order valence-corrected chi connectivity index (χ0v) is 15.3. The first-order chi connectivity index (χ1) is 10.8. The van der Waals surface area contributed by atoms with Crippen LogP contribution in [-0.4, -0.2) is 4.98 Å². The highest BCUT2D eigenvalue weighted by molar-refractivity contribution is 8.08. The van der Waals surface area contributed by atoms with Crippen LogP contribution < -0.4 is 0 Å². The van der Waals surface area contributed by atoms with E-state index in [9.17, 15) is 4.39 Å². The Morgan fingerprint density at radius 3 is 2.48 bits per heavy atom. The second-order valence-electron chi connectivity index (χ2n) is 5.61. The smallest absolute Gasteiger partial charge is 0.145 e. The Balaban J connectivity index is 2.46. The van der Waals surface area contributed by atoms with Crippen LogP contribution in [0.4, 0.5) is 4.39 Å². The van der Waals surface area contributed by atoms with Crippen molar-refractivity contribution in [2.24, 2.45) is 0 Å². The average molecular weight is 348 g/mol. The Kier molecular flexibility index (Phi) is 5.66. The molecule has 1 aromatic carbocycles. The van der Waals surface area contributed by atoms with Gasteiger partial charge in [0.2, 0.25) is 0 Å². The van der Waals surface area contributed by atoms with Gasteiger partial charge >= 0.3 is 0 Å². The van der Waals surface area contributed by atoms with Gasteiger partial charge in [-0.05, 0) is 62.6 Å². The van der Waals surface area contributed by atoms with Crippen molar-refractivity contribution in [2.75, 3.05) is 0 Å². The van der Waals surface area contributed by atoms with Gasteiger partial charge in [0.15, 0.2) is 0 Å². The van der Waals surface area contributed by atoms with E-state index in [1.807, 2.05) is 45.0 Å². The van der Waals surface area contributed by atoms with Gasteiger partial charge in [0, 0.05) is 4.91 Å². The van der Waals surface area contributed by atoms with Crippen LogP contribution >= 0.6 is 23.4 Å². The van der Waals surface area contributed by atoms with Crippen LogP contribution in [0.5, 0.6) is 0 Å². The van der Waals surface area contributed by atoms with Gasteiger partial charge in [-0.2, -0.15) is 0 Å². The zero-order chi connectivity index (χ0) is 17.1. The molecular weight excluding hydrogens is 329 g/mol. The molecule has 1 heterocycles. The molecule has 4 heteroatoms. The summed E-state index contributed by atoms with van der Waals surface area (Å²) in [4.78, 5) is 5.59. The van der Waals surface area contributed by atoms with Crippen molar-refractivity contribution in [1.29, 1.82) is 0 Å². The highest BCUT2D eigenvalue weighted by Gasteiger charge is 2.15. The molecule has 0 aliphatic heterocycles. The molecular formula is C19H19ClFNS. The molecule has 1 nitrogen and oxygen atoms in total. The number of rotatable bonds is 4. The molecule has 2 aromatic rings. The topological polar surface area (TPSA) is 12.9 Å². The Morgan fingerprint density at radius 2 is 1.87 bits per heavy atom. The summed E-state index contributed by atoms with van der Waals surface area (Å²) < 4.78 is 14.1. The monoisotopic (exact) mass is 347 g/mol. The molecule has 0 N–H and O–H groups in total. The molecule has 0 atom stereocenters. The predicted molar refractivity (Wildman–Crippen MR) is 99.2 cm³/mol. The van der Waals surface area contributed by atoms with Gasteiger partial charge in [-0.25, -0.2) is 9.37 Å². The predicted octanol–water partition coefficient (Wildman–Crippen LogP) is 6.76. The van der Waals surface area contributed by atoms with Crippen molar-refractivity contribution in [2.45, 2.75) is 32.7 Å². The molecule has 0 saturated heterocycles. The van der Waals surface area contributed by atoms with E-state index in [1.165, 1.54) is 11.8 Å². The summed E-state index contributed by atoms with van der Waals surface area (Å²) in [5, 5.41) is 1.00. The van der Waals surface area contributed by atoms with E-state index in [2.05, 4.69) is 11.6 Å². The highest BCUT2D eigenvalue weighted by atomic mass is 35.5. The molecule has 0 fully saturated rings. The quantitative estimate of drug-likeness (QED) is 0.567. The van der Waals surface area contributed by atoms with Gasteiger partial charge in [-0.15, -0.1) is 0 Å². The SMILES string of the molecule is C=C(C)c1cccc(SC(=C(C)C)c2ccc(Cl)c(F)c2C)n1.